The number of anilines is 1. The molecule has 2 aromatic heterocycles. The normalized spacial score (nSPS) is 14.1. The molecule has 1 aromatic carbocycles. The predicted molar refractivity (Wildman–Crippen MR) is 106 cm³/mol. The summed E-state index contributed by atoms with van der Waals surface area (Å²) in [7, 11) is 0. The van der Waals surface area contributed by atoms with Crippen molar-refractivity contribution in [3.8, 4) is 0 Å². The standard InChI is InChI=1S/C21H24N4O/c1-13-17(10-11-22-16-6-4-3-5-7-16)14(2)23-19(13)12-18-20(15-8-9-15)24-25-21(18)26/h3-7,12,22-24H,8-11H2,1-2H3,(H,25,26). The predicted octanol–water partition coefficient (Wildman–Crippen LogP) is 2.08. The number of aromatic nitrogens is 3. The maximum Gasteiger partial charge on any atom is 0.271 e. The number of aryl methyl sites for hydroxylation is 1. The largest absolute Gasteiger partial charge is 0.385 e. The molecule has 0 spiro atoms. The van der Waals surface area contributed by atoms with Gasteiger partial charge in [0, 0.05) is 23.6 Å². The third-order valence-electron chi connectivity index (χ3n) is 5.07. The molecule has 0 aliphatic heterocycles. The molecule has 5 heteroatoms. The molecule has 0 bridgehead atoms. The average molecular weight is 348 g/mol. The summed E-state index contributed by atoms with van der Waals surface area (Å²) in [5, 5.41) is 10.9. The molecule has 0 amide bonds. The van der Waals surface area contributed by atoms with Gasteiger partial charge in [0.15, 0.2) is 0 Å². The highest BCUT2D eigenvalue weighted by atomic mass is 16.1. The van der Waals surface area contributed by atoms with Crippen LogP contribution in [0.1, 0.15) is 35.4 Å². The highest BCUT2D eigenvalue weighted by molar-refractivity contribution is 5.60. The van der Waals surface area contributed by atoms with Crippen molar-refractivity contribution in [2.75, 3.05) is 11.9 Å². The first-order chi connectivity index (χ1) is 12.6. The lowest BCUT2D eigenvalue weighted by molar-refractivity contribution is 0.994. The van der Waals surface area contributed by atoms with Gasteiger partial charge in [0.25, 0.3) is 5.56 Å². The van der Waals surface area contributed by atoms with Crippen molar-refractivity contribution >= 4 is 17.3 Å². The topological polar surface area (TPSA) is 76.5 Å². The van der Waals surface area contributed by atoms with E-state index in [1.807, 2.05) is 24.3 Å². The molecule has 0 saturated heterocycles. The van der Waals surface area contributed by atoms with Crippen molar-refractivity contribution in [1.29, 1.82) is 0 Å². The molecule has 1 aliphatic rings. The Balaban J connectivity index is 1.60. The van der Waals surface area contributed by atoms with E-state index in [-0.39, 0.29) is 5.56 Å². The van der Waals surface area contributed by atoms with Crippen molar-refractivity contribution in [2.24, 2.45) is 0 Å². The van der Waals surface area contributed by atoms with Gasteiger partial charge >= 0.3 is 0 Å². The van der Waals surface area contributed by atoms with Crippen molar-refractivity contribution in [3.05, 3.63) is 73.8 Å². The van der Waals surface area contributed by atoms with Gasteiger partial charge in [0.1, 0.15) is 0 Å². The maximum atomic E-state index is 12.2. The van der Waals surface area contributed by atoms with E-state index in [2.05, 4.69) is 46.5 Å². The summed E-state index contributed by atoms with van der Waals surface area (Å²) < 4.78 is 0. The monoisotopic (exact) mass is 348 g/mol. The van der Waals surface area contributed by atoms with E-state index in [4.69, 9.17) is 0 Å². The number of aromatic amines is 3. The van der Waals surface area contributed by atoms with Gasteiger partial charge in [-0.1, -0.05) is 18.2 Å². The van der Waals surface area contributed by atoms with Crippen LogP contribution in [0.3, 0.4) is 0 Å². The minimum absolute atomic E-state index is 0.0571. The third kappa shape index (κ3) is 3.25. The van der Waals surface area contributed by atoms with Crippen molar-refractivity contribution < 1.29 is 0 Å². The number of hydrogen-bond acceptors (Lipinski definition) is 2. The number of benzene rings is 1. The van der Waals surface area contributed by atoms with Gasteiger partial charge in [-0.2, -0.15) is 0 Å². The highest BCUT2D eigenvalue weighted by Crippen LogP contribution is 2.26. The Labute approximate surface area is 151 Å². The summed E-state index contributed by atoms with van der Waals surface area (Å²) in [4.78, 5) is 15.6. The van der Waals surface area contributed by atoms with E-state index in [9.17, 15) is 4.79 Å². The van der Waals surface area contributed by atoms with Gasteiger partial charge in [-0.3, -0.25) is 15.0 Å². The van der Waals surface area contributed by atoms with Crippen molar-refractivity contribution in [3.63, 3.8) is 0 Å². The second-order valence-corrected chi connectivity index (χ2v) is 6.93. The van der Waals surface area contributed by atoms with Crippen molar-refractivity contribution in [1.82, 2.24) is 15.2 Å². The molecular weight excluding hydrogens is 324 g/mol. The number of para-hydroxylation sites is 1. The van der Waals surface area contributed by atoms with Gasteiger partial charge in [-0.25, -0.2) is 0 Å². The fourth-order valence-corrected chi connectivity index (χ4v) is 3.46. The van der Waals surface area contributed by atoms with Gasteiger partial charge in [-0.15, -0.1) is 0 Å². The van der Waals surface area contributed by atoms with Crippen LogP contribution in [-0.2, 0) is 6.42 Å². The first-order valence-corrected chi connectivity index (χ1v) is 9.11. The van der Waals surface area contributed by atoms with E-state index < -0.39 is 0 Å². The molecule has 0 radical (unpaired) electrons. The average Bonchev–Trinajstić information content (AvgIpc) is 3.37. The van der Waals surface area contributed by atoms with E-state index in [0.717, 1.165) is 53.5 Å². The molecule has 3 aromatic rings. The Bertz CT molecular complexity index is 1090. The molecule has 4 N–H and O–H groups in total. The number of hydrogen-bond donors (Lipinski definition) is 4. The van der Waals surface area contributed by atoms with E-state index >= 15 is 0 Å². The molecule has 4 rings (SSSR count). The quantitative estimate of drug-likeness (QED) is 0.570. The molecule has 1 saturated carbocycles. The summed E-state index contributed by atoms with van der Waals surface area (Å²) in [6.45, 7) is 5.09. The van der Waals surface area contributed by atoms with Crippen LogP contribution in [0.2, 0.25) is 0 Å². The van der Waals surface area contributed by atoms with Crippen LogP contribution < -0.4 is 21.4 Å². The van der Waals surface area contributed by atoms with Gasteiger partial charge in [0.05, 0.1) is 10.6 Å². The third-order valence-corrected chi connectivity index (χ3v) is 5.07. The van der Waals surface area contributed by atoms with Gasteiger partial charge in [-0.05, 0) is 68.0 Å². The second kappa shape index (κ2) is 6.75. The summed E-state index contributed by atoms with van der Waals surface area (Å²) >= 11 is 0. The molecule has 134 valence electrons. The Morgan fingerprint density at radius 2 is 1.88 bits per heavy atom. The summed E-state index contributed by atoms with van der Waals surface area (Å²) in [5.41, 5.74) is 7.11. The molecular formula is C21H24N4O. The Kier molecular flexibility index (Phi) is 4.29. The molecule has 2 heterocycles. The van der Waals surface area contributed by atoms with Crippen LogP contribution in [0.4, 0.5) is 5.69 Å². The van der Waals surface area contributed by atoms with Gasteiger partial charge in [0.2, 0.25) is 0 Å². The zero-order chi connectivity index (χ0) is 18.1. The lowest BCUT2D eigenvalue weighted by atomic mass is 10.1. The molecule has 5 nitrogen and oxygen atoms in total. The van der Waals surface area contributed by atoms with Crippen LogP contribution in [-0.4, -0.2) is 21.7 Å². The molecule has 0 atom stereocenters. The van der Waals surface area contributed by atoms with Crippen LogP contribution in [0, 0.1) is 13.8 Å². The van der Waals surface area contributed by atoms with Crippen LogP contribution >= 0.6 is 0 Å². The first kappa shape index (κ1) is 16.5. The number of nitrogens with one attached hydrogen (secondary N) is 4. The Morgan fingerprint density at radius 1 is 1.12 bits per heavy atom. The summed E-state index contributed by atoms with van der Waals surface area (Å²) in [6, 6.07) is 10.2. The fourth-order valence-electron chi connectivity index (χ4n) is 3.46. The zero-order valence-electron chi connectivity index (χ0n) is 15.2. The van der Waals surface area contributed by atoms with E-state index in [1.54, 1.807) is 0 Å². The first-order valence-electron chi connectivity index (χ1n) is 9.11. The fraction of sp³-hybridized carbons (Fsp3) is 0.286. The van der Waals surface area contributed by atoms with E-state index in [0.29, 0.717) is 0 Å². The highest BCUT2D eigenvalue weighted by Gasteiger charge is 2.15. The molecule has 1 fully saturated rings. The molecule has 26 heavy (non-hydrogen) atoms. The Morgan fingerprint density at radius 3 is 2.62 bits per heavy atom. The minimum Gasteiger partial charge on any atom is -0.385 e. The second-order valence-electron chi connectivity index (χ2n) is 6.93. The number of H-pyrrole nitrogens is 3. The Hall–Kier alpha value is -2.95. The summed E-state index contributed by atoms with van der Waals surface area (Å²) in [5.74, 6) is 0. The number of rotatable bonds is 5. The van der Waals surface area contributed by atoms with Crippen molar-refractivity contribution in [2.45, 2.75) is 33.1 Å². The van der Waals surface area contributed by atoms with Crippen LogP contribution in [0.5, 0.6) is 0 Å². The maximum absolute atomic E-state index is 12.2. The van der Waals surface area contributed by atoms with Crippen LogP contribution in [0.25, 0.3) is 11.6 Å². The van der Waals surface area contributed by atoms with Gasteiger partial charge < -0.3 is 10.3 Å². The van der Waals surface area contributed by atoms with Crippen LogP contribution in [0.15, 0.2) is 35.1 Å². The zero-order valence-corrected chi connectivity index (χ0v) is 15.2. The summed E-state index contributed by atoms with van der Waals surface area (Å²) in [6.07, 6.45) is 5.07. The van der Waals surface area contributed by atoms with E-state index in [1.165, 1.54) is 16.7 Å². The molecule has 0 unspecified atom stereocenters. The lowest BCUT2D eigenvalue weighted by Crippen LogP contribution is -2.33. The minimum atomic E-state index is -0.0571. The smallest absolute Gasteiger partial charge is 0.271 e. The SMILES string of the molecule is Cc1[nH]c(C=c2c(=O)[nH][nH]c2=C2CC2)c(C)c1CCNc1ccccc1. The lowest BCUT2D eigenvalue weighted by Gasteiger charge is -2.07. The molecule has 1 aliphatic carbocycles.